The summed E-state index contributed by atoms with van der Waals surface area (Å²) in [4.78, 5) is 12.6. The number of thiophene rings is 1. The number of aliphatic hydroxyl groups excluding tert-OH is 1. The molecule has 3 N–H and O–H groups in total. The Morgan fingerprint density at radius 1 is 1.48 bits per heavy atom. The quantitative estimate of drug-likeness (QED) is 0.783. The van der Waals surface area contributed by atoms with Crippen molar-refractivity contribution in [3.8, 4) is 0 Å². The van der Waals surface area contributed by atoms with Gasteiger partial charge < -0.3 is 10.4 Å². The first-order valence-electron chi connectivity index (χ1n) is 7.00. The van der Waals surface area contributed by atoms with Crippen molar-refractivity contribution in [2.75, 3.05) is 13.1 Å². The van der Waals surface area contributed by atoms with E-state index >= 15 is 0 Å². The maximum atomic E-state index is 13.0. The van der Waals surface area contributed by atoms with Crippen LogP contribution in [0.15, 0.2) is 30.3 Å². The number of amides is 1. The summed E-state index contributed by atoms with van der Waals surface area (Å²) in [5.74, 6) is -3.34. The molecule has 4 nitrogen and oxygen atoms in total. The monoisotopic (exact) mass is 362 g/mol. The fourth-order valence-corrected chi connectivity index (χ4v) is 3.54. The third kappa shape index (κ3) is 4.17. The maximum absolute atomic E-state index is 13.0. The lowest BCUT2D eigenvalue weighted by Gasteiger charge is -2.13. The summed E-state index contributed by atoms with van der Waals surface area (Å²) in [6, 6.07) is 8.72. The largest absolute Gasteiger partial charge is 0.386 e. The fraction of sp³-hybridized carbons (Fsp3) is 0.400. The van der Waals surface area contributed by atoms with Crippen molar-refractivity contribution in [2.45, 2.75) is 24.5 Å². The van der Waals surface area contributed by atoms with Crippen LogP contribution in [0.4, 0.5) is 8.78 Å². The molecule has 1 aliphatic heterocycles. The van der Waals surface area contributed by atoms with E-state index in [2.05, 4.69) is 10.6 Å². The number of rotatable bonds is 4. The molecule has 1 aliphatic rings. The van der Waals surface area contributed by atoms with Crippen molar-refractivity contribution >= 4 is 39.7 Å². The van der Waals surface area contributed by atoms with E-state index in [-0.39, 0.29) is 19.0 Å². The second-order valence-corrected chi connectivity index (χ2v) is 6.56. The van der Waals surface area contributed by atoms with E-state index in [1.165, 1.54) is 11.3 Å². The average Bonchev–Trinajstić information content (AvgIpc) is 3.07. The molecule has 0 spiro atoms. The molecule has 1 fully saturated rings. The molecule has 1 amide bonds. The maximum Gasteiger partial charge on any atom is 0.262 e. The lowest BCUT2D eigenvalue weighted by Crippen LogP contribution is -2.41. The highest BCUT2D eigenvalue weighted by atomic mass is 35.5. The van der Waals surface area contributed by atoms with Crippen LogP contribution in [0.25, 0.3) is 10.1 Å². The summed E-state index contributed by atoms with van der Waals surface area (Å²) in [5.41, 5.74) is 0. The minimum absolute atomic E-state index is 0. The van der Waals surface area contributed by atoms with Gasteiger partial charge in [-0.1, -0.05) is 18.2 Å². The molecule has 2 heterocycles. The van der Waals surface area contributed by atoms with Gasteiger partial charge in [-0.3, -0.25) is 10.1 Å². The van der Waals surface area contributed by atoms with Crippen molar-refractivity contribution in [3.63, 3.8) is 0 Å². The Morgan fingerprint density at radius 3 is 2.87 bits per heavy atom. The third-order valence-corrected chi connectivity index (χ3v) is 4.89. The summed E-state index contributed by atoms with van der Waals surface area (Å²) in [5, 5.41) is 16.2. The highest BCUT2D eigenvalue weighted by Crippen LogP contribution is 2.29. The number of alkyl halides is 2. The number of nitrogens with one attached hydrogen (secondary N) is 2. The van der Waals surface area contributed by atoms with Crippen LogP contribution in [0.5, 0.6) is 0 Å². The normalized spacial score (nSPS) is 20.9. The van der Waals surface area contributed by atoms with E-state index in [1.807, 2.05) is 30.3 Å². The van der Waals surface area contributed by atoms with Crippen LogP contribution in [-0.2, 0) is 4.79 Å². The Bertz CT molecular complexity index is 662. The molecule has 23 heavy (non-hydrogen) atoms. The highest BCUT2D eigenvalue weighted by Gasteiger charge is 2.42. The molecule has 8 heteroatoms. The van der Waals surface area contributed by atoms with Crippen LogP contribution >= 0.6 is 23.7 Å². The molecule has 0 bridgehead atoms. The summed E-state index contributed by atoms with van der Waals surface area (Å²) in [7, 11) is 0. The zero-order valence-electron chi connectivity index (χ0n) is 12.1. The van der Waals surface area contributed by atoms with E-state index in [4.69, 9.17) is 0 Å². The van der Waals surface area contributed by atoms with Gasteiger partial charge in [-0.25, -0.2) is 8.78 Å². The number of carbonyl (C=O) groups excluding carboxylic acids is 1. The summed E-state index contributed by atoms with van der Waals surface area (Å²) in [6.07, 6.45) is -1.35. The van der Waals surface area contributed by atoms with Crippen LogP contribution < -0.4 is 10.6 Å². The van der Waals surface area contributed by atoms with Gasteiger partial charge in [-0.15, -0.1) is 23.7 Å². The molecule has 2 atom stereocenters. The van der Waals surface area contributed by atoms with Gasteiger partial charge in [0.1, 0.15) is 6.10 Å². The van der Waals surface area contributed by atoms with E-state index in [0.717, 1.165) is 15.0 Å². The van der Waals surface area contributed by atoms with Crippen LogP contribution in [-0.4, -0.2) is 36.1 Å². The molecule has 2 unspecified atom stereocenters. The molecule has 0 radical (unpaired) electrons. The molecule has 0 saturated carbocycles. The Kier molecular flexibility index (Phi) is 5.57. The fourth-order valence-electron chi connectivity index (χ4n) is 2.49. The minimum atomic E-state index is -2.84. The molecule has 1 aromatic heterocycles. The number of carbonyl (C=O) groups is 1. The van der Waals surface area contributed by atoms with Crippen molar-refractivity contribution in [2.24, 2.45) is 0 Å². The molecule has 3 rings (SSSR count). The summed E-state index contributed by atoms with van der Waals surface area (Å²) >= 11 is 1.45. The summed E-state index contributed by atoms with van der Waals surface area (Å²) in [6.45, 7) is -0.473. The summed E-state index contributed by atoms with van der Waals surface area (Å²) < 4.78 is 27.1. The van der Waals surface area contributed by atoms with E-state index in [9.17, 15) is 18.7 Å². The number of fused-ring (bicyclic) bond motifs is 1. The standard InChI is InChI=1S/C15H16F2N2O2S.ClH/c16-15(17)6-10(19-8-15)14(21)18-7-11(20)13-5-9-3-1-2-4-12(9)22-13;/h1-5,10-11,19-20H,6-8H2,(H,18,21);1H. The van der Waals surface area contributed by atoms with Gasteiger partial charge >= 0.3 is 0 Å². The van der Waals surface area contributed by atoms with E-state index in [1.54, 1.807) is 0 Å². The van der Waals surface area contributed by atoms with Gasteiger partial charge in [-0.2, -0.15) is 0 Å². The minimum Gasteiger partial charge on any atom is -0.386 e. The average molecular weight is 363 g/mol. The molecule has 2 aromatic rings. The molecular formula is C15H17ClF2N2O2S. The first-order chi connectivity index (χ1) is 10.4. The molecule has 126 valence electrons. The molecular weight excluding hydrogens is 346 g/mol. The zero-order valence-corrected chi connectivity index (χ0v) is 13.7. The van der Waals surface area contributed by atoms with Gasteiger partial charge in [-0.05, 0) is 17.5 Å². The van der Waals surface area contributed by atoms with Crippen molar-refractivity contribution in [3.05, 3.63) is 35.2 Å². The van der Waals surface area contributed by atoms with Gasteiger partial charge in [0.25, 0.3) is 5.92 Å². The van der Waals surface area contributed by atoms with Gasteiger partial charge in [0.15, 0.2) is 0 Å². The van der Waals surface area contributed by atoms with Crippen molar-refractivity contribution < 1.29 is 18.7 Å². The lowest BCUT2D eigenvalue weighted by atomic mass is 10.1. The number of benzene rings is 1. The molecule has 0 aliphatic carbocycles. The second-order valence-electron chi connectivity index (χ2n) is 5.44. The number of halogens is 3. The van der Waals surface area contributed by atoms with E-state index < -0.39 is 36.9 Å². The third-order valence-electron chi connectivity index (χ3n) is 3.67. The van der Waals surface area contributed by atoms with Gasteiger partial charge in [0, 0.05) is 22.5 Å². The second kappa shape index (κ2) is 7.09. The highest BCUT2D eigenvalue weighted by molar-refractivity contribution is 7.19. The first kappa shape index (κ1) is 18.1. The van der Waals surface area contributed by atoms with Crippen LogP contribution in [0.2, 0.25) is 0 Å². The van der Waals surface area contributed by atoms with E-state index in [0.29, 0.717) is 0 Å². The first-order valence-corrected chi connectivity index (χ1v) is 7.82. The van der Waals surface area contributed by atoms with Crippen molar-refractivity contribution in [1.82, 2.24) is 10.6 Å². The zero-order chi connectivity index (χ0) is 15.7. The smallest absolute Gasteiger partial charge is 0.262 e. The Labute approximate surface area is 142 Å². The number of hydrogen-bond donors (Lipinski definition) is 3. The Hall–Kier alpha value is -1.28. The molecule has 1 aromatic carbocycles. The predicted molar refractivity (Wildman–Crippen MR) is 88.4 cm³/mol. The SMILES string of the molecule is Cl.O=C(NCC(O)c1cc2ccccc2s1)C1CC(F)(F)CN1. The van der Waals surface area contributed by atoms with Crippen LogP contribution in [0.1, 0.15) is 17.4 Å². The van der Waals surface area contributed by atoms with Crippen molar-refractivity contribution in [1.29, 1.82) is 0 Å². The Balaban J connectivity index is 0.00000192. The lowest BCUT2D eigenvalue weighted by molar-refractivity contribution is -0.123. The predicted octanol–water partition coefficient (Wildman–Crippen LogP) is 2.47. The number of aliphatic hydroxyl groups is 1. The number of hydrogen-bond acceptors (Lipinski definition) is 4. The molecule has 1 saturated heterocycles. The van der Waals surface area contributed by atoms with Gasteiger partial charge in [0.2, 0.25) is 5.91 Å². The van der Waals surface area contributed by atoms with Gasteiger partial charge in [0.05, 0.1) is 12.6 Å². The topological polar surface area (TPSA) is 61.4 Å². The van der Waals surface area contributed by atoms with Crippen LogP contribution in [0, 0.1) is 0 Å². The van der Waals surface area contributed by atoms with Crippen LogP contribution in [0.3, 0.4) is 0 Å². The Morgan fingerprint density at radius 2 is 2.22 bits per heavy atom.